The predicted molar refractivity (Wildman–Crippen MR) is 108 cm³/mol. The van der Waals surface area contributed by atoms with E-state index in [-0.39, 0.29) is 30.5 Å². The number of nitrogens with one attached hydrogen (secondary N) is 3. The quantitative estimate of drug-likeness (QED) is 0.527. The number of imide groups is 1. The predicted octanol–water partition coefficient (Wildman–Crippen LogP) is 2.73. The van der Waals surface area contributed by atoms with Crippen molar-refractivity contribution in [2.24, 2.45) is 0 Å². The number of anilines is 1. The van der Waals surface area contributed by atoms with E-state index in [1.54, 1.807) is 47.6 Å². The fourth-order valence-electron chi connectivity index (χ4n) is 2.76. The normalized spacial score (nSPS) is 13.8. The van der Waals surface area contributed by atoms with Gasteiger partial charge in [0.25, 0.3) is 11.8 Å². The molecule has 0 aromatic heterocycles. The lowest BCUT2D eigenvalue weighted by molar-refractivity contribution is 0.0500. The number of fused-ring (bicyclic) bond motifs is 1. The van der Waals surface area contributed by atoms with Gasteiger partial charge in [0, 0.05) is 24.3 Å². The monoisotopic (exact) mass is 404 g/mol. The highest BCUT2D eigenvalue weighted by atomic mass is 16.6. The Morgan fingerprint density at radius 2 is 1.52 bits per heavy atom. The zero-order valence-corrected chi connectivity index (χ0v) is 17.6. The molecule has 1 aliphatic rings. The molecule has 0 spiro atoms. The Hall–Kier alpha value is -3.10. The summed E-state index contributed by atoms with van der Waals surface area (Å²) in [5.41, 5.74) is -0.270. The van der Waals surface area contributed by atoms with Gasteiger partial charge >= 0.3 is 12.1 Å². The van der Waals surface area contributed by atoms with Crippen LogP contribution in [-0.2, 0) is 4.74 Å². The Morgan fingerprint density at radius 1 is 0.931 bits per heavy atom. The maximum Gasteiger partial charge on any atom is 0.407 e. The molecular formula is C20H28N4O5. The highest BCUT2D eigenvalue weighted by Gasteiger charge is 2.41. The Morgan fingerprint density at radius 3 is 2.10 bits per heavy atom. The maximum atomic E-state index is 12.6. The van der Waals surface area contributed by atoms with Crippen LogP contribution in [0.2, 0.25) is 0 Å². The van der Waals surface area contributed by atoms with Gasteiger partial charge in [-0.2, -0.15) is 0 Å². The first-order chi connectivity index (χ1) is 13.3. The van der Waals surface area contributed by atoms with Crippen molar-refractivity contribution in [3.8, 4) is 0 Å². The number of alkyl carbamates (subject to hydrolysis) is 1. The van der Waals surface area contributed by atoms with Gasteiger partial charge in [-0.05, 0) is 59.7 Å². The number of nitrogens with zero attached hydrogens (tertiary/aromatic N) is 1. The summed E-state index contributed by atoms with van der Waals surface area (Å²) < 4.78 is 5.09. The van der Waals surface area contributed by atoms with Crippen LogP contribution in [0.5, 0.6) is 0 Å². The molecule has 0 bridgehead atoms. The van der Waals surface area contributed by atoms with Crippen molar-refractivity contribution < 1.29 is 23.9 Å². The number of benzene rings is 1. The summed E-state index contributed by atoms with van der Waals surface area (Å²) in [4.78, 5) is 49.8. The van der Waals surface area contributed by atoms with Crippen LogP contribution >= 0.6 is 0 Å². The third-order valence-electron chi connectivity index (χ3n) is 3.89. The van der Waals surface area contributed by atoms with Gasteiger partial charge in [0.2, 0.25) is 0 Å². The topological polar surface area (TPSA) is 117 Å². The summed E-state index contributed by atoms with van der Waals surface area (Å²) in [5.74, 6) is -0.732. The molecule has 5 amide bonds. The molecule has 0 aliphatic carbocycles. The highest BCUT2D eigenvalue weighted by molar-refractivity contribution is 6.22. The van der Waals surface area contributed by atoms with Crippen molar-refractivity contribution in [3.63, 3.8) is 0 Å². The zero-order chi connectivity index (χ0) is 22.0. The molecule has 1 aromatic rings. The minimum atomic E-state index is -0.640. The van der Waals surface area contributed by atoms with Crippen LogP contribution in [-0.4, -0.2) is 53.1 Å². The van der Waals surface area contributed by atoms with Crippen molar-refractivity contribution in [1.82, 2.24) is 15.5 Å². The fraction of sp³-hybridized carbons (Fsp3) is 0.500. The van der Waals surface area contributed by atoms with Crippen LogP contribution < -0.4 is 16.0 Å². The molecule has 0 unspecified atom stereocenters. The van der Waals surface area contributed by atoms with Crippen molar-refractivity contribution in [1.29, 1.82) is 0 Å². The highest BCUT2D eigenvalue weighted by Crippen LogP contribution is 2.30. The summed E-state index contributed by atoms with van der Waals surface area (Å²) >= 11 is 0. The number of rotatable bonds is 4. The average Bonchev–Trinajstić information content (AvgIpc) is 2.80. The van der Waals surface area contributed by atoms with Gasteiger partial charge in [0.05, 0.1) is 11.1 Å². The number of hydrogen-bond acceptors (Lipinski definition) is 5. The Kier molecular flexibility index (Phi) is 6.20. The molecule has 1 aromatic carbocycles. The van der Waals surface area contributed by atoms with Crippen LogP contribution in [0, 0.1) is 0 Å². The fourth-order valence-corrected chi connectivity index (χ4v) is 2.76. The molecule has 0 fully saturated rings. The van der Waals surface area contributed by atoms with Crippen LogP contribution in [0.4, 0.5) is 15.3 Å². The van der Waals surface area contributed by atoms with Gasteiger partial charge in [-0.25, -0.2) is 9.59 Å². The molecular weight excluding hydrogens is 376 g/mol. The lowest BCUT2D eigenvalue weighted by Crippen LogP contribution is -2.45. The smallest absolute Gasteiger partial charge is 0.407 e. The van der Waals surface area contributed by atoms with Crippen molar-refractivity contribution in [2.45, 2.75) is 52.7 Å². The van der Waals surface area contributed by atoms with Crippen LogP contribution in [0.25, 0.3) is 0 Å². The third-order valence-corrected chi connectivity index (χ3v) is 3.89. The van der Waals surface area contributed by atoms with E-state index in [0.717, 1.165) is 0 Å². The van der Waals surface area contributed by atoms with Crippen molar-refractivity contribution >= 4 is 29.6 Å². The second-order valence-corrected chi connectivity index (χ2v) is 8.69. The Balaban J connectivity index is 1.89. The molecule has 9 heteroatoms. The minimum absolute atomic E-state index is 0.186. The Labute approximate surface area is 170 Å². The second-order valence-electron chi connectivity index (χ2n) is 8.69. The van der Waals surface area contributed by atoms with Gasteiger partial charge in [-0.3, -0.25) is 14.5 Å². The van der Waals surface area contributed by atoms with E-state index in [4.69, 9.17) is 4.74 Å². The lowest BCUT2D eigenvalue weighted by Gasteiger charge is -2.29. The van der Waals surface area contributed by atoms with Crippen LogP contribution in [0.1, 0.15) is 62.3 Å². The first-order valence-electron chi connectivity index (χ1n) is 9.34. The molecule has 0 saturated carbocycles. The summed E-state index contributed by atoms with van der Waals surface area (Å²) in [6, 6.07) is 4.08. The van der Waals surface area contributed by atoms with E-state index in [0.29, 0.717) is 11.3 Å². The first-order valence-corrected chi connectivity index (χ1v) is 9.34. The molecule has 1 aliphatic heterocycles. The summed E-state index contributed by atoms with van der Waals surface area (Å²) in [6.07, 6.45) is -0.565. The summed E-state index contributed by atoms with van der Waals surface area (Å²) in [7, 11) is 0. The standard InChI is InChI=1S/C20H28N4O5/c1-19(2,3)24-15(25)13-8-7-12(11-14(13)16(24)26)23-17(27)21-9-10-22-18(28)29-20(4,5)6/h7-8,11H,9-10H2,1-6H3,(H,22,28)(H2,21,23,27). The molecule has 0 saturated heterocycles. The summed E-state index contributed by atoms with van der Waals surface area (Å²) in [5, 5.41) is 7.73. The molecule has 1 heterocycles. The number of carbonyl (C=O) groups is 4. The summed E-state index contributed by atoms with van der Waals surface area (Å²) in [6.45, 7) is 11.0. The number of hydrogen-bond donors (Lipinski definition) is 3. The van der Waals surface area contributed by atoms with Crippen molar-refractivity contribution in [3.05, 3.63) is 29.3 Å². The first kappa shape index (κ1) is 22.2. The van der Waals surface area contributed by atoms with Gasteiger partial charge in [-0.15, -0.1) is 0 Å². The largest absolute Gasteiger partial charge is 0.444 e. The average molecular weight is 404 g/mol. The number of carbonyl (C=O) groups excluding carboxylic acids is 4. The number of ether oxygens (including phenoxy) is 1. The van der Waals surface area contributed by atoms with Crippen LogP contribution in [0.3, 0.4) is 0 Å². The molecule has 158 valence electrons. The van der Waals surface area contributed by atoms with Gasteiger partial charge in [0.1, 0.15) is 5.60 Å². The van der Waals surface area contributed by atoms with Crippen LogP contribution in [0.15, 0.2) is 18.2 Å². The number of urea groups is 1. The molecule has 29 heavy (non-hydrogen) atoms. The molecule has 2 rings (SSSR count). The molecule has 0 atom stereocenters. The van der Waals surface area contributed by atoms with Crippen molar-refractivity contribution in [2.75, 3.05) is 18.4 Å². The zero-order valence-electron chi connectivity index (χ0n) is 17.6. The number of amides is 5. The SMILES string of the molecule is CC(C)(C)OC(=O)NCCNC(=O)Nc1ccc2c(c1)C(=O)N(C(C)(C)C)C2=O. The van der Waals surface area contributed by atoms with Gasteiger partial charge in [-0.1, -0.05) is 0 Å². The van der Waals surface area contributed by atoms with E-state index >= 15 is 0 Å². The third kappa shape index (κ3) is 5.69. The lowest BCUT2D eigenvalue weighted by atomic mass is 10.1. The van der Waals surface area contributed by atoms with E-state index in [9.17, 15) is 19.2 Å². The second kappa shape index (κ2) is 8.10. The minimum Gasteiger partial charge on any atom is -0.444 e. The van der Waals surface area contributed by atoms with E-state index in [1.165, 1.54) is 17.0 Å². The molecule has 0 radical (unpaired) electrons. The van der Waals surface area contributed by atoms with Gasteiger partial charge in [0.15, 0.2) is 0 Å². The van der Waals surface area contributed by atoms with E-state index < -0.39 is 23.3 Å². The molecule has 3 N–H and O–H groups in total. The molecule has 9 nitrogen and oxygen atoms in total. The Bertz CT molecular complexity index is 836. The maximum absolute atomic E-state index is 12.6. The van der Waals surface area contributed by atoms with Gasteiger partial charge < -0.3 is 20.7 Å². The van der Waals surface area contributed by atoms with E-state index in [1.807, 2.05) is 0 Å². The van der Waals surface area contributed by atoms with E-state index in [2.05, 4.69) is 16.0 Å².